The van der Waals surface area contributed by atoms with Crippen LogP contribution in [0.1, 0.15) is 34.3 Å². The molecule has 4 heteroatoms. The zero-order chi connectivity index (χ0) is 13.4. The Morgan fingerprint density at radius 1 is 1.47 bits per heavy atom. The van der Waals surface area contributed by atoms with Gasteiger partial charge in [-0.15, -0.1) is 0 Å². The van der Waals surface area contributed by atoms with E-state index in [1.54, 1.807) is 0 Å². The van der Waals surface area contributed by atoms with Gasteiger partial charge in [0.1, 0.15) is 5.94 Å². The maximum atomic E-state index is 11.6. The standard InChI is InChI=1S/C15H16N2O2/c1-9-4-11-6-17-15(19)13(11)5-14(9)16-7-12(8-18)10-2-3-10/h4-5,10,16H,2-3,6-7H2,1H3,(H,17,19). The van der Waals surface area contributed by atoms with Gasteiger partial charge >= 0.3 is 0 Å². The first-order valence-electron chi connectivity index (χ1n) is 6.58. The van der Waals surface area contributed by atoms with Crippen LogP contribution in [0.2, 0.25) is 0 Å². The number of amides is 1. The third kappa shape index (κ3) is 2.27. The fourth-order valence-electron chi connectivity index (χ4n) is 2.47. The Balaban J connectivity index is 1.79. The van der Waals surface area contributed by atoms with Crippen LogP contribution >= 0.6 is 0 Å². The van der Waals surface area contributed by atoms with E-state index in [0.29, 0.717) is 19.0 Å². The van der Waals surface area contributed by atoms with Crippen LogP contribution in [0.5, 0.6) is 0 Å². The van der Waals surface area contributed by atoms with E-state index in [-0.39, 0.29) is 5.91 Å². The lowest BCUT2D eigenvalue weighted by Gasteiger charge is -2.11. The minimum Gasteiger partial charge on any atom is -0.380 e. The Labute approximate surface area is 111 Å². The van der Waals surface area contributed by atoms with Crippen molar-refractivity contribution in [1.29, 1.82) is 0 Å². The summed E-state index contributed by atoms with van der Waals surface area (Å²) in [5, 5.41) is 6.07. The Morgan fingerprint density at radius 3 is 2.95 bits per heavy atom. The number of carbonyl (C=O) groups is 1. The van der Waals surface area contributed by atoms with Crippen molar-refractivity contribution >= 4 is 17.5 Å². The Morgan fingerprint density at radius 2 is 2.26 bits per heavy atom. The molecule has 0 spiro atoms. The molecule has 1 heterocycles. The SMILES string of the molecule is Cc1cc2c(cc1NCC(=C=O)C1CC1)C(=O)NC2. The molecule has 1 aliphatic carbocycles. The topological polar surface area (TPSA) is 58.2 Å². The molecular formula is C15H16N2O2. The van der Waals surface area contributed by atoms with Crippen molar-refractivity contribution < 1.29 is 9.59 Å². The first kappa shape index (κ1) is 12.0. The lowest BCUT2D eigenvalue weighted by atomic mass is 10.0. The fraction of sp³-hybridized carbons (Fsp3) is 0.400. The number of rotatable bonds is 4. The van der Waals surface area contributed by atoms with Gasteiger partial charge in [-0.1, -0.05) is 6.07 Å². The van der Waals surface area contributed by atoms with Crippen molar-refractivity contribution in [3.8, 4) is 0 Å². The van der Waals surface area contributed by atoms with E-state index in [4.69, 9.17) is 0 Å². The molecule has 1 aromatic carbocycles. The molecule has 1 aromatic rings. The maximum absolute atomic E-state index is 11.6. The molecule has 19 heavy (non-hydrogen) atoms. The number of aryl methyl sites for hydroxylation is 1. The van der Waals surface area contributed by atoms with Crippen LogP contribution in [0.4, 0.5) is 5.69 Å². The summed E-state index contributed by atoms with van der Waals surface area (Å²) in [6.45, 7) is 3.14. The van der Waals surface area contributed by atoms with Gasteiger partial charge in [0, 0.05) is 29.9 Å². The van der Waals surface area contributed by atoms with E-state index < -0.39 is 0 Å². The molecule has 0 saturated heterocycles. The number of nitrogens with one attached hydrogen (secondary N) is 2. The highest BCUT2D eigenvalue weighted by atomic mass is 16.1. The molecule has 0 bridgehead atoms. The number of hydrogen-bond donors (Lipinski definition) is 2. The molecule has 0 radical (unpaired) electrons. The second-order valence-electron chi connectivity index (χ2n) is 5.26. The fourth-order valence-corrected chi connectivity index (χ4v) is 2.47. The van der Waals surface area contributed by atoms with Crippen molar-refractivity contribution in [3.63, 3.8) is 0 Å². The Kier molecular flexibility index (Phi) is 2.88. The number of fused-ring (bicyclic) bond motifs is 1. The van der Waals surface area contributed by atoms with E-state index in [1.165, 1.54) is 0 Å². The zero-order valence-corrected chi connectivity index (χ0v) is 10.9. The van der Waals surface area contributed by atoms with Crippen LogP contribution in [0.25, 0.3) is 0 Å². The lowest BCUT2D eigenvalue weighted by Crippen LogP contribution is -2.13. The summed E-state index contributed by atoms with van der Waals surface area (Å²) in [4.78, 5) is 22.5. The number of anilines is 1. The van der Waals surface area contributed by atoms with Gasteiger partial charge in [0.05, 0.1) is 0 Å². The Bertz CT molecular complexity index is 596. The summed E-state index contributed by atoms with van der Waals surface area (Å²) in [5.41, 5.74) is 4.60. The van der Waals surface area contributed by atoms with E-state index >= 15 is 0 Å². The van der Waals surface area contributed by atoms with Crippen LogP contribution in [-0.4, -0.2) is 18.4 Å². The Hall–Kier alpha value is -2.06. The van der Waals surface area contributed by atoms with Gasteiger partial charge in [-0.2, -0.15) is 0 Å². The van der Waals surface area contributed by atoms with Gasteiger partial charge in [-0.05, 0) is 42.9 Å². The van der Waals surface area contributed by atoms with Gasteiger partial charge in [-0.3, -0.25) is 4.79 Å². The zero-order valence-electron chi connectivity index (χ0n) is 10.9. The maximum Gasteiger partial charge on any atom is 0.251 e. The van der Waals surface area contributed by atoms with Crippen molar-refractivity contribution in [2.45, 2.75) is 26.3 Å². The van der Waals surface area contributed by atoms with Crippen LogP contribution in [0, 0.1) is 12.8 Å². The summed E-state index contributed by atoms with van der Waals surface area (Å²) in [5.74, 6) is 2.44. The van der Waals surface area contributed by atoms with Crippen LogP contribution < -0.4 is 10.6 Å². The second-order valence-corrected chi connectivity index (χ2v) is 5.26. The molecule has 3 rings (SSSR count). The molecule has 1 aliphatic heterocycles. The second kappa shape index (κ2) is 4.56. The highest BCUT2D eigenvalue weighted by Crippen LogP contribution is 2.35. The van der Waals surface area contributed by atoms with E-state index in [1.807, 2.05) is 25.0 Å². The van der Waals surface area contributed by atoms with E-state index in [0.717, 1.165) is 40.8 Å². The average molecular weight is 256 g/mol. The lowest BCUT2D eigenvalue weighted by molar-refractivity contribution is 0.0966. The molecule has 2 N–H and O–H groups in total. The summed E-state index contributed by atoms with van der Waals surface area (Å²) < 4.78 is 0. The summed E-state index contributed by atoms with van der Waals surface area (Å²) >= 11 is 0. The quantitative estimate of drug-likeness (QED) is 0.808. The molecule has 0 aromatic heterocycles. The highest BCUT2D eigenvalue weighted by Gasteiger charge is 2.27. The summed E-state index contributed by atoms with van der Waals surface area (Å²) in [7, 11) is 0. The minimum absolute atomic E-state index is 0.0219. The third-order valence-corrected chi connectivity index (χ3v) is 3.80. The molecule has 4 nitrogen and oxygen atoms in total. The van der Waals surface area contributed by atoms with Crippen LogP contribution in [0.15, 0.2) is 17.7 Å². The number of carbonyl (C=O) groups excluding carboxylic acids is 2. The van der Waals surface area contributed by atoms with E-state index in [9.17, 15) is 9.59 Å². The average Bonchev–Trinajstić information content (AvgIpc) is 3.17. The molecule has 2 aliphatic rings. The molecular weight excluding hydrogens is 240 g/mol. The normalized spacial score (nSPS) is 16.6. The predicted molar refractivity (Wildman–Crippen MR) is 72.8 cm³/mol. The van der Waals surface area contributed by atoms with Crippen molar-refractivity contribution in [1.82, 2.24) is 5.32 Å². The summed E-state index contributed by atoms with van der Waals surface area (Å²) in [6, 6.07) is 3.90. The molecule has 1 amide bonds. The van der Waals surface area contributed by atoms with Crippen molar-refractivity contribution in [3.05, 3.63) is 34.4 Å². The first-order chi connectivity index (χ1) is 9.19. The summed E-state index contributed by atoms with van der Waals surface area (Å²) in [6.07, 6.45) is 2.19. The van der Waals surface area contributed by atoms with Crippen LogP contribution in [-0.2, 0) is 11.3 Å². The van der Waals surface area contributed by atoms with Gasteiger partial charge in [0.15, 0.2) is 0 Å². The van der Waals surface area contributed by atoms with Gasteiger partial charge < -0.3 is 10.6 Å². The van der Waals surface area contributed by atoms with Gasteiger partial charge in [-0.25, -0.2) is 4.79 Å². The molecule has 1 saturated carbocycles. The van der Waals surface area contributed by atoms with Crippen molar-refractivity contribution in [2.24, 2.45) is 5.92 Å². The predicted octanol–water partition coefficient (Wildman–Crippen LogP) is 1.82. The molecule has 1 fully saturated rings. The van der Waals surface area contributed by atoms with E-state index in [2.05, 4.69) is 10.6 Å². The monoisotopic (exact) mass is 256 g/mol. The smallest absolute Gasteiger partial charge is 0.251 e. The van der Waals surface area contributed by atoms with Gasteiger partial charge in [0.25, 0.3) is 5.91 Å². The van der Waals surface area contributed by atoms with Gasteiger partial charge in [0.2, 0.25) is 0 Å². The third-order valence-electron chi connectivity index (χ3n) is 3.80. The molecule has 0 atom stereocenters. The first-order valence-corrected chi connectivity index (χ1v) is 6.58. The van der Waals surface area contributed by atoms with Crippen molar-refractivity contribution in [2.75, 3.05) is 11.9 Å². The highest BCUT2D eigenvalue weighted by molar-refractivity contribution is 5.99. The number of benzene rings is 1. The molecule has 98 valence electrons. The van der Waals surface area contributed by atoms with Crippen LogP contribution in [0.3, 0.4) is 0 Å². The molecule has 0 unspecified atom stereocenters. The largest absolute Gasteiger partial charge is 0.380 e. The minimum atomic E-state index is -0.0219. The number of hydrogen-bond acceptors (Lipinski definition) is 3.